The van der Waals surface area contributed by atoms with E-state index in [1.165, 1.54) is 6.92 Å². The number of esters is 2. The first kappa shape index (κ1) is 12.9. The Balaban J connectivity index is 2.72. The van der Waals surface area contributed by atoms with Crippen molar-refractivity contribution in [1.82, 2.24) is 0 Å². The molecule has 1 saturated heterocycles. The monoisotopic (exact) mass is 234 g/mol. The van der Waals surface area contributed by atoms with Crippen LogP contribution in [0.1, 0.15) is 13.8 Å². The molecule has 0 aliphatic carbocycles. The van der Waals surface area contributed by atoms with Crippen LogP contribution in [0.2, 0.25) is 0 Å². The lowest BCUT2D eigenvalue weighted by Crippen LogP contribution is -2.55. The third-order valence-electron chi connectivity index (χ3n) is 2.05. The topological polar surface area (TPSA) is 102 Å². The Hall–Kier alpha value is -1.18. The van der Waals surface area contributed by atoms with Gasteiger partial charge in [-0.25, -0.2) is 0 Å². The third kappa shape index (κ3) is 3.16. The minimum Gasteiger partial charge on any atom is -0.456 e. The lowest BCUT2D eigenvalue weighted by Gasteiger charge is -2.36. The van der Waals surface area contributed by atoms with Crippen molar-refractivity contribution in [3.05, 3.63) is 0 Å². The standard InChI is InChI=1S/C9H14O7/c1-4(10)15-6-3-14-9(13)7(12)8(6)16-5(2)11/h6-9,12-13H,3H2,1-2H3/t6-,7+,8-,9-/m0/s1. The van der Waals surface area contributed by atoms with Gasteiger partial charge in [0.2, 0.25) is 0 Å². The third-order valence-corrected chi connectivity index (χ3v) is 2.05. The van der Waals surface area contributed by atoms with Crippen LogP contribution in [0.15, 0.2) is 0 Å². The minimum absolute atomic E-state index is 0.143. The predicted octanol–water partition coefficient (Wildman–Crippen LogP) is -1.44. The van der Waals surface area contributed by atoms with Gasteiger partial charge in [0.25, 0.3) is 0 Å². The molecule has 0 bridgehead atoms. The SMILES string of the molecule is CC(=O)O[C@@H]1[C@@H](O)[C@@H](O)OC[C@@H]1OC(C)=O. The zero-order valence-electron chi connectivity index (χ0n) is 8.95. The quantitative estimate of drug-likeness (QED) is 0.564. The Morgan fingerprint density at radius 3 is 2.25 bits per heavy atom. The predicted molar refractivity (Wildman–Crippen MR) is 49.1 cm³/mol. The number of aliphatic hydroxyl groups is 2. The smallest absolute Gasteiger partial charge is 0.303 e. The van der Waals surface area contributed by atoms with Crippen LogP contribution >= 0.6 is 0 Å². The number of carbonyl (C=O) groups is 2. The summed E-state index contributed by atoms with van der Waals surface area (Å²) in [6.07, 6.45) is -4.94. The van der Waals surface area contributed by atoms with Gasteiger partial charge in [0.15, 0.2) is 18.5 Å². The van der Waals surface area contributed by atoms with Gasteiger partial charge < -0.3 is 24.4 Å². The molecule has 1 aliphatic rings. The van der Waals surface area contributed by atoms with E-state index < -0.39 is 36.5 Å². The molecule has 7 heteroatoms. The Morgan fingerprint density at radius 1 is 1.19 bits per heavy atom. The Bertz CT molecular complexity index is 277. The molecule has 16 heavy (non-hydrogen) atoms. The lowest BCUT2D eigenvalue weighted by molar-refractivity contribution is -0.261. The molecule has 92 valence electrons. The Kier molecular flexibility index (Phi) is 4.22. The second-order valence-electron chi connectivity index (χ2n) is 3.44. The van der Waals surface area contributed by atoms with Gasteiger partial charge in [0, 0.05) is 13.8 Å². The number of rotatable bonds is 2. The molecule has 0 aromatic carbocycles. The van der Waals surface area contributed by atoms with E-state index in [0.717, 1.165) is 6.92 Å². The molecule has 0 unspecified atom stereocenters. The van der Waals surface area contributed by atoms with E-state index in [0.29, 0.717) is 0 Å². The molecule has 2 N–H and O–H groups in total. The lowest BCUT2D eigenvalue weighted by atomic mass is 10.1. The highest BCUT2D eigenvalue weighted by Crippen LogP contribution is 2.19. The second kappa shape index (κ2) is 5.24. The summed E-state index contributed by atoms with van der Waals surface area (Å²) in [6.45, 7) is 2.19. The molecule has 0 aromatic heterocycles. The van der Waals surface area contributed by atoms with Crippen molar-refractivity contribution >= 4 is 11.9 Å². The summed E-state index contributed by atoms with van der Waals surface area (Å²) in [5.41, 5.74) is 0. The second-order valence-corrected chi connectivity index (χ2v) is 3.44. The maximum atomic E-state index is 10.8. The van der Waals surface area contributed by atoms with Gasteiger partial charge in [-0.1, -0.05) is 0 Å². The zero-order chi connectivity index (χ0) is 12.3. The zero-order valence-corrected chi connectivity index (χ0v) is 8.95. The first-order valence-electron chi connectivity index (χ1n) is 4.74. The van der Waals surface area contributed by atoms with Gasteiger partial charge >= 0.3 is 11.9 Å². The van der Waals surface area contributed by atoms with Crippen LogP contribution in [0.5, 0.6) is 0 Å². The molecular weight excluding hydrogens is 220 g/mol. The Morgan fingerprint density at radius 2 is 1.75 bits per heavy atom. The highest BCUT2D eigenvalue weighted by molar-refractivity contribution is 5.67. The van der Waals surface area contributed by atoms with E-state index >= 15 is 0 Å². The van der Waals surface area contributed by atoms with Crippen LogP contribution < -0.4 is 0 Å². The first-order valence-corrected chi connectivity index (χ1v) is 4.74. The van der Waals surface area contributed by atoms with Gasteiger partial charge in [-0.05, 0) is 0 Å². The fourth-order valence-electron chi connectivity index (χ4n) is 1.42. The number of carbonyl (C=O) groups excluding carboxylic acids is 2. The average Bonchev–Trinajstić information content (AvgIpc) is 2.16. The molecule has 7 nitrogen and oxygen atoms in total. The van der Waals surface area contributed by atoms with Gasteiger partial charge in [-0.2, -0.15) is 0 Å². The van der Waals surface area contributed by atoms with E-state index in [4.69, 9.17) is 14.2 Å². The maximum absolute atomic E-state index is 10.8. The van der Waals surface area contributed by atoms with Crippen LogP contribution in [-0.2, 0) is 23.8 Å². The number of aliphatic hydroxyl groups excluding tert-OH is 2. The molecule has 1 rings (SSSR count). The van der Waals surface area contributed by atoms with Crippen molar-refractivity contribution < 1.29 is 34.0 Å². The van der Waals surface area contributed by atoms with Gasteiger partial charge in [-0.15, -0.1) is 0 Å². The normalized spacial score (nSPS) is 34.2. The van der Waals surface area contributed by atoms with Crippen LogP contribution in [0.4, 0.5) is 0 Å². The summed E-state index contributed by atoms with van der Waals surface area (Å²) in [5.74, 6) is -1.23. The fraction of sp³-hybridized carbons (Fsp3) is 0.778. The molecule has 1 fully saturated rings. The molecule has 4 atom stereocenters. The van der Waals surface area contributed by atoms with Crippen molar-refractivity contribution in [2.45, 2.75) is 38.4 Å². The Labute approximate surface area is 91.9 Å². The van der Waals surface area contributed by atoms with Gasteiger partial charge in [0.1, 0.15) is 6.10 Å². The summed E-state index contributed by atoms with van der Waals surface area (Å²) >= 11 is 0. The van der Waals surface area contributed by atoms with Crippen LogP contribution in [0, 0.1) is 0 Å². The van der Waals surface area contributed by atoms with Crippen molar-refractivity contribution in [3.63, 3.8) is 0 Å². The van der Waals surface area contributed by atoms with E-state index in [9.17, 15) is 19.8 Å². The van der Waals surface area contributed by atoms with Crippen molar-refractivity contribution in [1.29, 1.82) is 0 Å². The summed E-state index contributed by atoms with van der Waals surface area (Å²) < 4.78 is 14.3. The highest BCUT2D eigenvalue weighted by atomic mass is 16.7. The number of hydrogen-bond acceptors (Lipinski definition) is 7. The molecule has 0 saturated carbocycles. The molecule has 0 spiro atoms. The van der Waals surface area contributed by atoms with E-state index in [1.807, 2.05) is 0 Å². The van der Waals surface area contributed by atoms with Crippen molar-refractivity contribution in [3.8, 4) is 0 Å². The van der Waals surface area contributed by atoms with E-state index in [1.54, 1.807) is 0 Å². The average molecular weight is 234 g/mol. The minimum atomic E-state index is -1.46. The van der Waals surface area contributed by atoms with E-state index in [-0.39, 0.29) is 6.61 Å². The van der Waals surface area contributed by atoms with Crippen molar-refractivity contribution in [2.24, 2.45) is 0 Å². The van der Waals surface area contributed by atoms with Crippen LogP contribution in [0.3, 0.4) is 0 Å². The van der Waals surface area contributed by atoms with E-state index in [2.05, 4.69) is 0 Å². The largest absolute Gasteiger partial charge is 0.456 e. The fourth-order valence-corrected chi connectivity index (χ4v) is 1.42. The number of hydrogen-bond donors (Lipinski definition) is 2. The molecule has 1 heterocycles. The molecular formula is C9H14O7. The van der Waals surface area contributed by atoms with Gasteiger partial charge in [0.05, 0.1) is 6.61 Å². The van der Waals surface area contributed by atoms with Crippen molar-refractivity contribution in [2.75, 3.05) is 6.61 Å². The molecule has 0 radical (unpaired) electrons. The maximum Gasteiger partial charge on any atom is 0.303 e. The van der Waals surface area contributed by atoms with Gasteiger partial charge in [-0.3, -0.25) is 9.59 Å². The summed E-state index contributed by atoms with van der Waals surface area (Å²) in [7, 11) is 0. The molecule has 0 amide bonds. The summed E-state index contributed by atoms with van der Waals surface area (Å²) in [5, 5.41) is 18.7. The van der Waals surface area contributed by atoms with Crippen LogP contribution in [0.25, 0.3) is 0 Å². The highest BCUT2D eigenvalue weighted by Gasteiger charge is 2.42. The number of ether oxygens (including phenoxy) is 3. The summed E-state index contributed by atoms with van der Waals surface area (Å²) in [6, 6.07) is 0. The summed E-state index contributed by atoms with van der Waals surface area (Å²) in [4.78, 5) is 21.6. The first-order chi connectivity index (χ1) is 7.41. The van der Waals surface area contributed by atoms with Crippen LogP contribution in [-0.4, -0.2) is 53.4 Å². The molecule has 1 aliphatic heterocycles. The molecule has 0 aromatic rings.